The van der Waals surface area contributed by atoms with Crippen LogP contribution >= 0.6 is 0 Å². The number of aliphatic imine (C=N–C) groups is 1. The van der Waals surface area contributed by atoms with E-state index in [-0.39, 0.29) is 4.90 Å². The molecule has 0 radical (unpaired) electrons. The lowest BCUT2D eigenvalue weighted by atomic mass is 10.1. The number of hydrogen-bond acceptors (Lipinski definition) is 4. The molecule has 0 saturated heterocycles. The average molecular weight is 328 g/mol. The van der Waals surface area contributed by atoms with Crippen molar-refractivity contribution in [3.63, 3.8) is 0 Å². The molecule has 0 amide bonds. The molecule has 0 aliphatic heterocycles. The number of rotatable bonds is 8. The lowest BCUT2D eigenvalue weighted by Gasteiger charge is -2.11. The van der Waals surface area contributed by atoms with Crippen LogP contribution in [0.4, 0.5) is 0 Å². The molecule has 0 saturated carbocycles. The molecule has 0 spiro atoms. The highest BCUT2D eigenvalue weighted by molar-refractivity contribution is 7.89. The highest BCUT2D eigenvalue weighted by Crippen LogP contribution is 2.08. The first-order valence-electron chi connectivity index (χ1n) is 7.10. The predicted molar refractivity (Wildman–Crippen MR) is 87.4 cm³/mol. The van der Waals surface area contributed by atoms with E-state index >= 15 is 0 Å². The van der Waals surface area contributed by atoms with E-state index in [2.05, 4.69) is 15.6 Å². The molecule has 0 aliphatic rings. The summed E-state index contributed by atoms with van der Waals surface area (Å²) < 4.78 is 27.3. The molecule has 0 atom stereocenters. The van der Waals surface area contributed by atoms with Crippen LogP contribution in [-0.4, -0.2) is 47.7 Å². The minimum absolute atomic E-state index is 0.124. The van der Waals surface area contributed by atoms with E-state index in [1.165, 1.54) is 12.1 Å². The number of hydrogen-bond donors (Lipinski definition) is 3. The third kappa shape index (κ3) is 6.88. The number of guanidine groups is 1. The van der Waals surface area contributed by atoms with Gasteiger partial charge >= 0.3 is 0 Å². The number of benzene rings is 1. The Morgan fingerprint density at radius 2 is 1.95 bits per heavy atom. The van der Waals surface area contributed by atoms with E-state index in [1.807, 2.05) is 6.92 Å². The van der Waals surface area contributed by atoms with Gasteiger partial charge in [-0.3, -0.25) is 4.99 Å². The molecule has 22 heavy (non-hydrogen) atoms. The van der Waals surface area contributed by atoms with Gasteiger partial charge in [-0.1, -0.05) is 12.1 Å². The largest absolute Gasteiger partial charge is 0.383 e. The van der Waals surface area contributed by atoms with Crippen molar-refractivity contribution in [1.29, 1.82) is 0 Å². The fourth-order valence-corrected chi connectivity index (χ4v) is 2.28. The maximum atomic E-state index is 11.2. The summed E-state index contributed by atoms with van der Waals surface area (Å²) in [7, 11) is -1.99. The molecule has 0 heterocycles. The van der Waals surface area contributed by atoms with Crippen LogP contribution < -0.4 is 15.8 Å². The van der Waals surface area contributed by atoms with Crippen LogP contribution in [0, 0.1) is 0 Å². The summed E-state index contributed by atoms with van der Waals surface area (Å²) in [6, 6.07) is 6.55. The lowest BCUT2D eigenvalue weighted by molar-refractivity contribution is 0.208. The Hall–Kier alpha value is -1.64. The van der Waals surface area contributed by atoms with Crippen molar-refractivity contribution in [1.82, 2.24) is 10.6 Å². The zero-order valence-corrected chi connectivity index (χ0v) is 13.8. The molecule has 8 heteroatoms. The number of nitrogens with two attached hydrogens (primary N) is 1. The monoisotopic (exact) mass is 328 g/mol. The summed E-state index contributed by atoms with van der Waals surface area (Å²) >= 11 is 0. The van der Waals surface area contributed by atoms with E-state index in [4.69, 9.17) is 9.88 Å². The van der Waals surface area contributed by atoms with E-state index < -0.39 is 10.0 Å². The van der Waals surface area contributed by atoms with Gasteiger partial charge in [0.1, 0.15) is 0 Å². The smallest absolute Gasteiger partial charge is 0.238 e. The van der Waals surface area contributed by atoms with Crippen molar-refractivity contribution >= 4 is 16.0 Å². The first kappa shape index (κ1) is 18.4. The fraction of sp³-hybridized carbons (Fsp3) is 0.500. The van der Waals surface area contributed by atoms with Gasteiger partial charge in [0.2, 0.25) is 10.0 Å². The Balaban J connectivity index is 2.49. The molecule has 0 bridgehead atoms. The molecule has 1 aromatic rings. The van der Waals surface area contributed by atoms with E-state index in [1.54, 1.807) is 19.2 Å². The highest BCUT2D eigenvalue weighted by atomic mass is 32.2. The van der Waals surface area contributed by atoms with Crippen LogP contribution in [0.15, 0.2) is 34.2 Å². The Morgan fingerprint density at radius 1 is 1.27 bits per heavy atom. The van der Waals surface area contributed by atoms with Gasteiger partial charge in [-0.25, -0.2) is 13.6 Å². The maximum Gasteiger partial charge on any atom is 0.238 e. The van der Waals surface area contributed by atoms with Crippen molar-refractivity contribution in [2.45, 2.75) is 18.2 Å². The van der Waals surface area contributed by atoms with Crippen molar-refractivity contribution in [3.8, 4) is 0 Å². The number of nitrogens with one attached hydrogen (secondary N) is 2. The fourth-order valence-electron chi connectivity index (χ4n) is 1.76. The number of methoxy groups -OCH3 is 1. The summed E-state index contributed by atoms with van der Waals surface area (Å²) in [5.41, 5.74) is 1.02. The molecule has 0 fully saturated rings. The molecular weight excluding hydrogens is 304 g/mol. The normalized spacial score (nSPS) is 12.2. The Labute approximate surface area is 132 Å². The number of nitrogens with zero attached hydrogens (tertiary/aromatic N) is 1. The van der Waals surface area contributed by atoms with Crippen molar-refractivity contribution < 1.29 is 13.2 Å². The molecule has 4 N–H and O–H groups in total. The number of sulfonamides is 1. The van der Waals surface area contributed by atoms with Crippen LogP contribution in [0.1, 0.15) is 12.5 Å². The van der Waals surface area contributed by atoms with Gasteiger partial charge < -0.3 is 15.4 Å². The molecule has 1 rings (SSSR count). The van der Waals surface area contributed by atoms with E-state index in [0.29, 0.717) is 19.7 Å². The van der Waals surface area contributed by atoms with Crippen LogP contribution in [0.2, 0.25) is 0 Å². The molecule has 0 aliphatic carbocycles. The van der Waals surface area contributed by atoms with Gasteiger partial charge in [0, 0.05) is 20.2 Å². The first-order chi connectivity index (χ1) is 10.5. The van der Waals surface area contributed by atoms with Crippen molar-refractivity contribution in [3.05, 3.63) is 29.8 Å². The second-order valence-electron chi connectivity index (χ2n) is 4.62. The third-order valence-corrected chi connectivity index (χ3v) is 3.80. The quantitative estimate of drug-likeness (QED) is 0.356. The zero-order valence-electron chi connectivity index (χ0n) is 13.0. The van der Waals surface area contributed by atoms with Crippen molar-refractivity contribution in [2.75, 3.05) is 33.4 Å². The second-order valence-corrected chi connectivity index (χ2v) is 6.18. The summed E-state index contributed by atoms with van der Waals surface area (Å²) in [5.74, 6) is 0.737. The predicted octanol–water partition coefficient (Wildman–Crippen LogP) is 0.0780. The van der Waals surface area contributed by atoms with Gasteiger partial charge in [0.15, 0.2) is 5.96 Å². The Bertz CT molecular complexity index is 570. The van der Waals surface area contributed by atoms with E-state index in [0.717, 1.165) is 24.5 Å². The zero-order chi connectivity index (χ0) is 16.4. The minimum atomic E-state index is -3.63. The third-order valence-electron chi connectivity index (χ3n) is 2.87. The van der Waals surface area contributed by atoms with Crippen LogP contribution in [0.5, 0.6) is 0 Å². The molecule has 124 valence electrons. The SMILES string of the molecule is CCNC(=NCCOC)NCCc1ccc(S(N)(=O)=O)cc1. The summed E-state index contributed by atoms with van der Waals surface area (Å²) in [6.07, 6.45) is 0.750. The maximum absolute atomic E-state index is 11.2. The van der Waals surface area contributed by atoms with Gasteiger partial charge in [0.25, 0.3) is 0 Å². The van der Waals surface area contributed by atoms with Crippen molar-refractivity contribution in [2.24, 2.45) is 10.1 Å². The van der Waals surface area contributed by atoms with Crippen LogP contribution in [0.3, 0.4) is 0 Å². The van der Waals surface area contributed by atoms with E-state index in [9.17, 15) is 8.42 Å². The highest BCUT2D eigenvalue weighted by Gasteiger charge is 2.06. The number of ether oxygens (including phenoxy) is 1. The van der Waals surface area contributed by atoms with Gasteiger partial charge in [0.05, 0.1) is 18.0 Å². The van der Waals surface area contributed by atoms with Gasteiger partial charge in [-0.15, -0.1) is 0 Å². The Kier molecular flexibility index (Phi) is 7.86. The van der Waals surface area contributed by atoms with Gasteiger partial charge in [-0.05, 0) is 31.0 Å². The summed E-state index contributed by atoms with van der Waals surface area (Å²) in [6.45, 7) is 4.63. The molecule has 0 unspecified atom stereocenters. The molecule has 0 aromatic heterocycles. The standard InChI is InChI=1S/C14H24N4O3S/c1-3-16-14(18-10-11-21-2)17-9-8-12-4-6-13(7-5-12)22(15,19)20/h4-7H,3,8-11H2,1-2H3,(H2,15,19,20)(H2,16,17,18). The van der Waals surface area contributed by atoms with Crippen LogP contribution in [0.25, 0.3) is 0 Å². The Morgan fingerprint density at radius 3 is 2.50 bits per heavy atom. The topological polar surface area (TPSA) is 106 Å². The average Bonchev–Trinajstić information content (AvgIpc) is 2.47. The number of primary sulfonamides is 1. The minimum Gasteiger partial charge on any atom is -0.383 e. The molecule has 1 aromatic carbocycles. The first-order valence-corrected chi connectivity index (χ1v) is 8.65. The molecular formula is C14H24N4O3S. The lowest BCUT2D eigenvalue weighted by Crippen LogP contribution is -2.38. The molecule has 7 nitrogen and oxygen atoms in total. The second kappa shape index (κ2) is 9.39. The van der Waals surface area contributed by atoms with Crippen LogP contribution in [-0.2, 0) is 21.2 Å². The summed E-state index contributed by atoms with van der Waals surface area (Å²) in [4.78, 5) is 4.48. The summed E-state index contributed by atoms with van der Waals surface area (Å²) in [5, 5.41) is 11.4. The van der Waals surface area contributed by atoms with Gasteiger partial charge in [-0.2, -0.15) is 0 Å².